The van der Waals surface area contributed by atoms with Crippen LogP contribution < -0.4 is 4.90 Å². The Bertz CT molecular complexity index is 829. The molecular weight excluding hydrogens is 352 g/mol. The molecule has 0 aliphatic carbocycles. The monoisotopic (exact) mass is 372 g/mol. The first-order chi connectivity index (χ1) is 12.8. The summed E-state index contributed by atoms with van der Waals surface area (Å²) >= 11 is 1.46. The van der Waals surface area contributed by atoms with Crippen LogP contribution in [0.15, 0.2) is 34.9 Å². The summed E-state index contributed by atoms with van der Waals surface area (Å²) in [4.78, 5) is 13.6. The van der Waals surface area contributed by atoms with E-state index in [9.17, 15) is 0 Å². The minimum atomic E-state index is 0.373. The fraction of sp³-hybridized carbons (Fsp3) is 0.412. The average molecular weight is 372 g/mol. The van der Waals surface area contributed by atoms with Crippen LogP contribution in [0, 0.1) is 0 Å². The number of benzene rings is 1. The van der Waals surface area contributed by atoms with Crippen molar-refractivity contribution in [3.63, 3.8) is 0 Å². The molecule has 3 heterocycles. The van der Waals surface area contributed by atoms with Crippen molar-refractivity contribution >= 4 is 16.7 Å². The van der Waals surface area contributed by atoms with Gasteiger partial charge in [0.25, 0.3) is 0 Å². The molecule has 0 bridgehead atoms. The molecule has 136 valence electrons. The molecule has 2 aromatic heterocycles. The maximum Gasteiger partial charge on any atom is 0.240 e. The number of piperazine rings is 1. The van der Waals surface area contributed by atoms with Gasteiger partial charge >= 0.3 is 0 Å². The van der Waals surface area contributed by atoms with E-state index in [1.165, 1.54) is 11.5 Å². The zero-order valence-corrected chi connectivity index (χ0v) is 15.4. The molecule has 1 aliphatic heterocycles. The lowest BCUT2D eigenvalue weighted by atomic mass is 10.2. The van der Waals surface area contributed by atoms with E-state index in [1.807, 2.05) is 30.3 Å². The van der Waals surface area contributed by atoms with Gasteiger partial charge in [-0.25, -0.2) is 0 Å². The minimum Gasteiger partial charge on any atom is -0.377 e. The summed E-state index contributed by atoms with van der Waals surface area (Å²) in [5.74, 6) is 2.01. The van der Waals surface area contributed by atoms with Crippen LogP contribution in [0.4, 0.5) is 5.13 Å². The average Bonchev–Trinajstić information content (AvgIpc) is 3.33. The van der Waals surface area contributed by atoms with Gasteiger partial charge in [-0.3, -0.25) is 4.90 Å². The van der Waals surface area contributed by atoms with Gasteiger partial charge in [-0.15, -0.1) is 0 Å². The van der Waals surface area contributed by atoms with Crippen LogP contribution in [0.2, 0.25) is 0 Å². The van der Waals surface area contributed by atoms with Crippen molar-refractivity contribution in [2.75, 3.05) is 38.2 Å². The van der Waals surface area contributed by atoms with Crippen LogP contribution in [-0.4, -0.2) is 57.7 Å². The Kier molecular flexibility index (Phi) is 5.19. The topological polar surface area (TPSA) is 80.4 Å². The largest absolute Gasteiger partial charge is 0.377 e. The highest BCUT2D eigenvalue weighted by molar-refractivity contribution is 7.09. The van der Waals surface area contributed by atoms with E-state index in [2.05, 4.69) is 24.3 Å². The second-order valence-electron chi connectivity index (χ2n) is 6.07. The van der Waals surface area contributed by atoms with Crippen molar-refractivity contribution in [3.8, 4) is 11.4 Å². The van der Waals surface area contributed by atoms with Crippen LogP contribution in [0.5, 0.6) is 0 Å². The SMILES string of the molecule is COCc1noc(CN2CCN(c3nc(-c4ccccc4)ns3)CC2)n1. The molecule has 4 rings (SSSR count). The molecule has 1 saturated heterocycles. The Labute approximate surface area is 155 Å². The first-order valence-electron chi connectivity index (χ1n) is 8.48. The zero-order valence-electron chi connectivity index (χ0n) is 14.5. The standard InChI is InChI=1S/C17H20N6O2S/c1-24-12-14-18-15(25-20-14)11-22-7-9-23(10-8-22)17-19-16(21-26-17)13-5-3-2-4-6-13/h2-6H,7-12H2,1H3. The number of hydrogen-bond acceptors (Lipinski definition) is 9. The normalized spacial score (nSPS) is 15.5. The van der Waals surface area contributed by atoms with Gasteiger partial charge in [0.1, 0.15) is 6.61 Å². The lowest BCUT2D eigenvalue weighted by Gasteiger charge is -2.33. The van der Waals surface area contributed by atoms with E-state index in [0.717, 1.165) is 42.7 Å². The molecule has 9 heteroatoms. The molecule has 0 N–H and O–H groups in total. The number of methoxy groups -OCH3 is 1. The molecule has 1 aromatic carbocycles. The van der Waals surface area contributed by atoms with Gasteiger partial charge in [0, 0.05) is 50.4 Å². The fourth-order valence-electron chi connectivity index (χ4n) is 2.88. The molecule has 8 nitrogen and oxygen atoms in total. The maximum atomic E-state index is 5.27. The van der Waals surface area contributed by atoms with E-state index in [4.69, 9.17) is 14.2 Å². The van der Waals surface area contributed by atoms with E-state index >= 15 is 0 Å². The minimum absolute atomic E-state index is 0.373. The third-order valence-electron chi connectivity index (χ3n) is 4.23. The summed E-state index contributed by atoms with van der Waals surface area (Å²) in [6.45, 7) is 4.68. The summed E-state index contributed by atoms with van der Waals surface area (Å²) in [6.07, 6.45) is 0. The molecule has 0 unspecified atom stereocenters. The molecule has 0 saturated carbocycles. The summed E-state index contributed by atoms with van der Waals surface area (Å²) in [5, 5.41) is 4.88. The van der Waals surface area contributed by atoms with Crippen LogP contribution in [0.25, 0.3) is 11.4 Å². The van der Waals surface area contributed by atoms with Crippen molar-refractivity contribution in [2.45, 2.75) is 13.2 Å². The van der Waals surface area contributed by atoms with Gasteiger partial charge in [0.05, 0.1) is 6.54 Å². The van der Waals surface area contributed by atoms with E-state index in [1.54, 1.807) is 7.11 Å². The Morgan fingerprint density at radius 1 is 1.12 bits per heavy atom. The van der Waals surface area contributed by atoms with Crippen molar-refractivity contribution in [1.82, 2.24) is 24.4 Å². The highest BCUT2D eigenvalue weighted by atomic mass is 32.1. The third kappa shape index (κ3) is 3.90. The second-order valence-corrected chi connectivity index (χ2v) is 6.80. The van der Waals surface area contributed by atoms with Crippen LogP contribution >= 0.6 is 11.5 Å². The number of rotatable bonds is 6. The van der Waals surface area contributed by atoms with Crippen LogP contribution in [0.1, 0.15) is 11.7 Å². The van der Waals surface area contributed by atoms with Gasteiger partial charge in [-0.1, -0.05) is 35.5 Å². The predicted octanol–water partition coefficient (Wildman–Crippen LogP) is 2.06. The summed E-state index contributed by atoms with van der Waals surface area (Å²) in [5.41, 5.74) is 1.05. The number of aromatic nitrogens is 4. The molecule has 1 fully saturated rings. The Morgan fingerprint density at radius 2 is 1.92 bits per heavy atom. The molecule has 3 aromatic rings. The summed E-state index contributed by atoms with van der Waals surface area (Å²) in [6, 6.07) is 10.1. The lowest BCUT2D eigenvalue weighted by molar-refractivity contribution is 0.174. The Balaban J connectivity index is 1.33. The molecule has 0 amide bonds. The smallest absolute Gasteiger partial charge is 0.240 e. The fourth-order valence-corrected chi connectivity index (χ4v) is 3.62. The van der Waals surface area contributed by atoms with E-state index in [0.29, 0.717) is 24.9 Å². The first kappa shape index (κ1) is 17.1. The number of hydrogen-bond donors (Lipinski definition) is 0. The number of nitrogens with zero attached hydrogens (tertiary/aromatic N) is 6. The first-order valence-corrected chi connectivity index (χ1v) is 9.26. The van der Waals surface area contributed by atoms with Gasteiger partial charge in [-0.05, 0) is 0 Å². The van der Waals surface area contributed by atoms with Gasteiger partial charge < -0.3 is 14.2 Å². The zero-order chi connectivity index (χ0) is 17.8. The van der Waals surface area contributed by atoms with Crippen molar-refractivity contribution in [2.24, 2.45) is 0 Å². The molecule has 26 heavy (non-hydrogen) atoms. The third-order valence-corrected chi connectivity index (χ3v) is 5.01. The van der Waals surface area contributed by atoms with Crippen LogP contribution in [-0.2, 0) is 17.9 Å². The summed E-state index contributed by atoms with van der Waals surface area (Å²) < 4.78 is 14.8. The Hall–Kier alpha value is -2.36. The number of ether oxygens (including phenoxy) is 1. The molecule has 0 radical (unpaired) electrons. The van der Waals surface area contributed by atoms with E-state index in [-0.39, 0.29) is 0 Å². The van der Waals surface area contributed by atoms with Gasteiger partial charge in [0.2, 0.25) is 11.0 Å². The van der Waals surface area contributed by atoms with E-state index < -0.39 is 0 Å². The lowest BCUT2D eigenvalue weighted by Crippen LogP contribution is -2.46. The van der Waals surface area contributed by atoms with Gasteiger partial charge in [0.15, 0.2) is 11.6 Å². The molecule has 1 aliphatic rings. The van der Waals surface area contributed by atoms with Gasteiger partial charge in [-0.2, -0.15) is 14.3 Å². The van der Waals surface area contributed by atoms with Crippen molar-refractivity contribution in [3.05, 3.63) is 42.0 Å². The molecule has 0 atom stereocenters. The molecule has 0 spiro atoms. The maximum absolute atomic E-state index is 5.27. The summed E-state index contributed by atoms with van der Waals surface area (Å²) in [7, 11) is 1.62. The molecular formula is C17H20N6O2S. The van der Waals surface area contributed by atoms with Crippen LogP contribution in [0.3, 0.4) is 0 Å². The van der Waals surface area contributed by atoms with Crippen molar-refractivity contribution < 1.29 is 9.26 Å². The predicted molar refractivity (Wildman–Crippen MR) is 97.8 cm³/mol. The quantitative estimate of drug-likeness (QED) is 0.650. The Morgan fingerprint density at radius 3 is 2.69 bits per heavy atom. The number of anilines is 1. The van der Waals surface area contributed by atoms with Crippen molar-refractivity contribution in [1.29, 1.82) is 0 Å². The highest BCUT2D eigenvalue weighted by Gasteiger charge is 2.22. The highest BCUT2D eigenvalue weighted by Crippen LogP contribution is 2.24. The second kappa shape index (κ2) is 7.90.